The van der Waals surface area contributed by atoms with Crippen LogP contribution in [0, 0.1) is 0 Å². The van der Waals surface area contributed by atoms with E-state index in [1.165, 1.54) is 31.4 Å². The van der Waals surface area contributed by atoms with Gasteiger partial charge >= 0.3 is 5.97 Å². The fraction of sp³-hybridized carbons (Fsp3) is 0.462. The number of esters is 1. The molecule has 1 aromatic rings. The summed E-state index contributed by atoms with van der Waals surface area (Å²) in [7, 11) is -2.38. The number of hydrogen-bond acceptors (Lipinski definition) is 6. The van der Waals surface area contributed by atoms with E-state index in [9.17, 15) is 13.2 Å². The summed E-state index contributed by atoms with van der Waals surface area (Å²) in [5.74, 6) is -0.512. The smallest absolute Gasteiger partial charge is 0.338 e. The third-order valence-electron chi connectivity index (χ3n) is 2.59. The molecule has 0 spiro atoms. The van der Waals surface area contributed by atoms with Gasteiger partial charge in [0.05, 0.1) is 36.3 Å². The largest absolute Gasteiger partial charge is 0.462 e. The second kappa shape index (κ2) is 8.08. The number of aliphatic hydroxyl groups excluding tert-OH is 1. The molecule has 0 amide bonds. The summed E-state index contributed by atoms with van der Waals surface area (Å²) >= 11 is 0. The van der Waals surface area contributed by atoms with Gasteiger partial charge in [0, 0.05) is 7.11 Å². The predicted octanol–water partition coefficient (Wildman–Crippen LogP) is 0.149. The molecule has 0 aliphatic rings. The number of benzene rings is 1. The molecule has 0 aliphatic carbocycles. The number of aliphatic hydroxyl groups is 1. The molecule has 1 unspecified atom stereocenters. The average molecular weight is 317 g/mol. The lowest BCUT2D eigenvalue weighted by atomic mass is 10.2. The number of carbonyl (C=O) groups excluding carboxylic acids is 1. The van der Waals surface area contributed by atoms with Crippen LogP contribution < -0.4 is 4.72 Å². The molecule has 7 nitrogen and oxygen atoms in total. The third kappa shape index (κ3) is 5.09. The molecular formula is C13H19NO6S. The molecule has 1 atom stereocenters. The molecule has 0 saturated carbocycles. The van der Waals surface area contributed by atoms with Crippen molar-refractivity contribution in [1.82, 2.24) is 4.72 Å². The molecule has 21 heavy (non-hydrogen) atoms. The second-order valence-electron chi connectivity index (χ2n) is 4.20. The van der Waals surface area contributed by atoms with E-state index >= 15 is 0 Å². The lowest BCUT2D eigenvalue weighted by molar-refractivity contribution is 0.0526. The van der Waals surface area contributed by atoms with E-state index in [-0.39, 0.29) is 30.3 Å². The highest BCUT2D eigenvalue weighted by atomic mass is 32.2. The van der Waals surface area contributed by atoms with Gasteiger partial charge in [-0.15, -0.1) is 0 Å². The van der Waals surface area contributed by atoms with Crippen molar-refractivity contribution < 1.29 is 27.8 Å². The molecular weight excluding hydrogens is 298 g/mol. The highest BCUT2D eigenvalue weighted by molar-refractivity contribution is 7.89. The van der Waals surface area contributed by atoms with Gasteiger partial charge in [-0.2, -0.15) is 0 Å². The van der Waals surface area contributed by atoms with Crippen LogP contribution in [0.4, 0.5) is 0 Å². The Morgan fingerprint density at radius 3 is 2.43 bits per heavy atom. The van der Waals surface area contributed by atoms with Gasteiger partial charge in [-0.1, -0.05) is 0 Å². The number of carbonyl (C=O) groups is 1. The van der Waals surface area contributed by atoms with Gasteiger partial charge in [0.15, 0.2) is 0 Å². The minimum atomic E-state index is -3.79. The number of methoxy groups -OCH3 is 1. The van der Waals surface area contributed by atoms with Crippen LogP contribution in [-0.2, 0) is 19.5 Å². The predicted molar refractivity (Wildman–Crippen MR) is 75.5 cm³/mol. The lowest BCUT2D eigenvalue weighted by Gasteiger charge is -2.15. The number of rotatable bonds is 8. The van der Waals surface area contributed by atoms with Crippen molar-refractivity contribution in [3.05, 3.63) is 29.8 Å². The maximum Gasteiger partial charge on any atom is 0.338 e. The van der Waals surface area contributed by atoms with Crippen LogP contribution >= 0.6 is 0 Å². The zero-order valence-corrected chi connectivity index (χ0v) is 12.7. The zero-order valence-electron chi connectivity index (χ0n) is 11.9. The van der Waals surface area contributed by atoms with Crippen molar-refractivity contribution >= 4 is 16.0 Å². The van der Waals surface area contributed by atoms with Crippen LogP contribution in [0.2, 0.25) is 0 Å². The molecule has 0 fully saturated rings. The number of nitrogens with one attached hydrogen (secondary N) is 1. The molecule has 1 aromatic carbocycles. The SMILES string of the molecule is CCOC(=O)c1ccc(S(=O)(=O)NC(CO)COC)cc1. The summed E-state index contributed by atoms with van der Waals surface area (Å²) < 4.78 is 36.1. The standard InChI is InChI=1S/C13H19NO6S/c1-3-20-13(16)10-4-6-12(7-5-10)21(17,18)14-11(8-15)9-19-2/h4-7,11,14-15H,3,8-9H2,1-2H3. The van der Waals surface area contributed by atoms with Crippen LogP contribution in [-0.4, -0.2) is 52.5 Å². The van der Waals surface area contributed by atoms with Crippen LogP contribution in [0.5, 0.6) is 0 Å². The lowest BCUT2D eigenvalue weighted by Crippen LogP contribution is -2.40. The number of ether oxygens (including phenoxy) is 2. The minimum Gasteiger partial charge on any atom is -0.462 e. The molecule has 0 aromatic heterocycles. The molecule has 118 valence electrons. The Bertz CT molecular complexity index is 555. The number of hydrogen-bond donors (Lipinski definition) is 2. The highest BCUT2D eigenvalue weighted by Crippen LogP contribution is 2.12. The monoisotopic (exact) mass is 317 g/mol. The molecule has 0 saturated heterocycles. The van der Waals surface area contributed by atoms with Gasteiger partial charge < -0.3 is 14.6 Å². The Labute approximate surface area is 123 Å². The molecule has 0 bridgehead atoms. The maximum absolute atomic E-state index is 12.1. The van der Waals surface area contributed by atoms with E-state index in [0.717, 1.165) is 0 Å². The molecule has 8 heteroatoms. The van der Waals surface area contributed by atoms with Crippen LogP contribution in [0.3, 0.4) is 0 Å². The fourth-order valence-electron chi connectivity index (χ4n) is 1.60. The minimum absolute atomic E-state index is 0.00917. The summed E-state index contributed by atoms with van der Waals surface area (Å²) in [6, 6.07) is 4.61. The Kier molecular flexibility index (Phi) is 6.76. The van der Waals surface area contributed by atoms with Crippen LogP contribution in [0.25, 0.3) is 0 Å². The highest BCUT2D eigenvalue weighted by Gasteiger charge is 2.20. The van der Waals surface area contributed by atoms with Gasteiger partial charge in [0.2, 0.25) is 10.0 Å². The summed E-state index contributed by atoms with van der Waals surface area (Å²) in [4.78, 5) is 11.5. The van der Waals surface area contributed by atoms with Crippen LogP contribution in [0.15, 0.2) is 29.2 Å². The van der Waals surface area contributed by atoms with Crippen molar-refractivity contribution in [3.8, 4) is 0 Å². The summed E-state index contributed by atoms with van der Waals surface area (Å²) in [5, 5.41) is 9.08. The van der Waals surface area contributed by atoms with Gasteiger partial charge in [0.25, 0.3) is 0 Å². The Morgan fingerprint density at radius 2 is 1.95 bits per heavy atom. The maximum atomic E-state index is 12.1. The molecule has 0 heterocycles. The topological polar surface area (TPSA) is 102 Å². The summed E-state index contributed by atoms with van der Waals surface area (Å²) in [6.07, 6.45) is 0. The Balaban J connectivity index is 2.87. The van der Waals surface area contributed by atoms with E-state index in [0.29, 0.717) is 0 Å². The van der Waals surface area contributed by atoms with Gasteiger partial charge in [0.1, 0.15) is 0 Å². The molecule has 0 aliphatic heterocycles. The first-order valence-electron chi connectivity index (χ1n) is 6.34. The van der Waals surface area contributed by atoms with Crippen molar-refractivity contribution in [2.45, 2.75) is 17.9 Å². The van der Waals surface area contributed by atoms with E-state index in [2.05, 4.69) is 4.72 Å². The number of sulfonamides is 1. The Morgan fingerprint density at radius 1 is 1.33 bits per heavy atom. The first-order valence-corrected chi connectivity index (χ1v) is 7.82. The fourth-order valence-corrected chi connectivity index (χ4v) is 2.81. The van der Waals surface area contributed by atoms with Crippen molar-refractivity contribution in [3.63, 3.8) is 0 Å². The molecule has 2 N–H and O–H groups in total. The second-order valence-corrected chi connectivity index (χ2v) is 5.91. The van der Waals surface area contributed by atoms with Crippen molar-refractivity contribution in [1.29, 1.82) is 0 Å². The van der Waals surface area contributed by atoms with E-state index < -0.39 is 22.0 Å². The summed E-state index contributed by atoms with van der Waals surface area (Å²) in [5.41, 5.74) is 0.270. The quantitative estimate of drug-likeness (QED) is 0.662. The first-order chi connectivity index (χ1) is 9.94. The third-order valence-corrected chi connectivity index (χ3v) is 4.12. The summed E-state index contributed by atoms with van der Waals surface area (Å²) in [6.45, 7) is 1.60. The van der Waals surface area contributed by atoms with Gasteiger partial charge in [-0.05, 0) is 31.2 Å². The van der Waals surface area contributed by atoms with Crippen LogP contribution in [0.1, 0.15) is 17.3 Å². The molecule has 1 rings (SSSR count). The molecule has 0 radical (unpaired) electrons. The Hall–Kier alpha value is -1.48. The van der Waals surface area contributed by atoms with E-state index in [1.807, 2.05) is 0 Å². The normalized spacial score (nSPS) is 12.9. The van der Waals surface area contributed by atoms with E-state index in [4.69, 9.17) is 14.6 Å². The van der Waals surface area contributed by atoms with Crippen molar-refractivity contribution in [2.75, 3.05) is 26.9 Å². The average Bonchev–Trinajstić information content (AvgIpc) is 2.47. The first kappa shape index (κ1) is 17.6. The van der Waals surface area contributed by atoms with E-state index in [1.54, 1.807) is 6.92 Å². The van der Waals surface area contributed by atoms with Gasteiger partial charge in [-0.3, -0.25) is 0 Å². The van der Waals surface area contributed by atoms with Crippen molar-refractivity contribution in [2.24, 2.45) is 0 Å². The van der Waals surface area contributed by atoms with Gasteiger partial charge in [-0.25, -0.2) is 17.9 Å². The zero-order chi connectivity index (χ0) is 15.9.